The highest BCUT2D eigenvalue weighted by Gasteiger charge is 2.15. The van der Waals surface area contributed by atoms with Crippen LogP contribution in [0.25, 0.3) is 0 Å². The van der Waals surface area contributed by atoms with Gasteiger partial charge < -0.3 is 9.84 Å². The number of nitrogens with zero attached hydrogens (tertiary/aromatic N) is 1. The minimum absolute atomic E-state index is 0.135. The summed E-state index contributed by atoms with van der Waals surface area (Å²) in [6.45, 7) is 6.24. The van der Waals surface area contributed by atoms with Crippen molar-refractivity contribution in [2.45, 2.75) is 32.4 Å². The summed E-state index contributed by atoms with van der Waals surface area (Å²) in [7, 11) is 0. The lowest BCUT2D eigenvalue weighted by atomic mass is 10.2. The molecule has 0 aromatic carbocycles. The summed E-state index contributed by atoms with van der Waals surface area (Å²) in [5.74, 6) is 6.04. The van der Waals surface area contributed by atoms with Gasteiger partial charge in [0, 0.05) is 48.5 Å². The molecule has 1 N–H and O–H groups in total. The summed E-state index contributed by atoms with van der Waals surface area (Å²) in [6, 6.07) is 2.16. The van der Waals surface area contributed by atoms with Gasteiger partial charge in [0.1, 0.15) is 0 Å². The van der Waals surface area contributed by atoms with E-state index in [1.54, 1.807) is 11.3 Å². The molecule has 3 nitrogen and oxygen atoms in total. The zero-order valence-electron chi connectivity index (χ0n) is 11.4. The molecule has 19 heavy (non-hydrogen) atoms. The molecule has 1 unspecified atom stereocenters. The fourth-order valence-electron chi connectivity index (χ4n) is 2.19. The van der Waals surface area contributed by atoms with E-state index in [2.05, 4.69) is 35.1 Å². The van der Waals surface area contributed by atoms with E-state index in [1.165, 1.54) is 4.88 Å². The SMILES string of the molecule is CC1CN(Cc2cc(C#CCCO)cs2)CCCO1. The van der Waals surface area contributed by atoms with Crippen molar-refractivity contribution >= 4 is 11.3 Å². The van der Waals surface area contributed by atoms with Crippen molar-refractivity contribution in [3.8, 4) is 11.8 Å². The molecule has 1 aromatic heterocycles. The topological polar surface area (TPSA) is 32.7 Å². The van der Waals surface area contributed by atoms with Crippen molar-refractivity contribution in [1.82, 2.24) is 4.90 Å². The highest BCUT2D eigenvalue weighted by molar-refractivity contribution is 7.10. The molecular formula is C15H21NO2S. The second-order valence-electron chi connectivity index (χ2n) is 4.85. The molecule has 1 aliphatic rings. The van der Waals surface area contributed by atoms with Crippen molar-refractivity contribution in [2.75, 3.05) is 26.3 Å². The third-order valence-corrected chi connectivity index (χ3v) is 3.96. The van der Waals surface area contributed by atoms with Gasteiger partial charge in [-0.15, -0.1) is 11.3 Å². The van der Waals surface area contributed by atoms with Gasteiger partial charge in [-0.2, -0.15) is 0 Å². The third kappa shape index (κ3) is 4.96. The molecule has 0 bridgehead atoms. The summed E-state index contributed by atoms with van der Waals surface area (Å²) in [4.78, 5) is 3.80. The number of hydrogen-bond acceptors (Lipinski definition) is 4. The van der Waals surface area contributed by atoms with Crippen LogP contribution in [0, 0.1) is 11.8 Å². The van der Waals surface area contributed by atoms with Crippen molar-refractivity contribution < 1.29 is 9.84 Å². The second-order valence-corrected chi connectivity index (χ2v) is 5.84. The van der Waals surface area contributed by atoms with E-state index >= 15 is 0 Å². The molecule has 4 heteroatoms. The molecule has 0 aliphatic carbocycles. The van der Waals surface area contributed by atoms with Crippen LogP contribution in [0.2, 0.25) is 0 Å². The van der Waals surface area contributed by atoms with Gasteiger partial charge in [-0.05, 0) is 19.4 Å². The van der Waals surface area contributed by atoms with Crippen LogP contribution < -0.4 is 0 Å². The van der Waals surface area contributed by atoms with Crippen molar-refractivity contribution in [1.29, 1.82) is 0 Å². The maximum absolute atomic E-state index is 8.70. The van der Waals surface area contributed by atoms with E-state index in [9.17, 15) is 0 Å². The van der Waals surface area contributed by atoms with Crippen LogP contribution in [0.15, 0.2) is 11.4 Å². The first-order valence-electron chi connectivity index (χ1n) is 6.79. The van der Waals surface area contributed by atoms with Gasteiger partial charge in [0.05, 0.1) is 12.7 Å². The Balaban J connectivity index is 1.90. The molecule has 1 aliphatic heterocycles. The Bertz CT molecular complexity index is 446. The maximum atomic E-state index is 8.70. The highest BCUT2D eigenvalue weighted by atomic mass is 32.1. The monoisotopic (exact) mass is 279 g/mol. The van der Waals surface area contributed by atoms with Gasteiger partial charge in [-0.3, -0.25) is 4.90 Å². The van der Waals surface area contributed by atoms with E-state index in [-0.39, 0.29) is 6.61 Å². The number of thiophene rings is 1. The molecule has 1 fully saturated rings. The molecule has 0 saturated carbocycles. The number of hydrogen-bond donors (Lipinski definition) is 1. The Morgan fingerprint density at radius 2 is 2.47 bits per heavy atom. The summed E-state index contributed by atoms with van der Waals surface area (Å²) < 4.78 is 5.66. The first kappa shape index (κ1) is 14.5. The summed E-state index contributed by atoms with van der Waals surface area (Å²) in [6.07, 6.45) is 1.98. The first-order chi connectivity index (χ1) is 9.28. The standard InChI is InChI=1S/C15H21NO2S/c1-13-10-16(6-4-8-18-13)11-15-9-14(12-19-15)5-2-3-7-17/h9,12-13,17H,3-4,6-8,10-11H2,1H3. The summed E-state index contributed by atoms with van der Waals surface area (Å²) in [5, 5.41) is 10.8. The van der Waals surface area contributed by atoms with Gasteiger partial charge in [0.2, 0.25) is 0 Å². The minimum atomic E-state index is 0.135. The lowest BCUT2D eigenvalue weighted by Gasteiger charge is -2.20. The van der Waals surface area contributed by atoms with Gasteiger partial charge in [0.25, 0.3) is 0 Å². The van der Waals surface area contributed by atoms with Gasteiger partial charge in [-0.1, -0.05) is 11.8 Å². The van der Waals surface area contributed by atoms with Crippen LogP contribution >= 0.6 is 11.3 Å². The molecule has 1 atom stereocenters. The zero-order valence-corrected chi connectivity index (χ0v) is 12.2. The first-order valence-corrected chi connectivity index (χ1v) is 7.67. The summed E-state index contributed by atoms with van der Waals surface area (Å²) >= 11 is 1.76. The normalized spacial score (nSPS) is 20.6. The van der Waals surface area contributed by atoms with Gasteiger partial charge in [0.15, 0.2) is 0 Å². The van der Waals surface area contributed by atoms with Crippen LogP contribution in [0.5, 0.6) is 0 Å². The maximum Gasteiger partial charge on any atom is 0.0674 e. The van der Waals surface area contributed by atoms with Crippen LogP contribution in [-0.2, 0) is 11.3 Å². The Morgan fingerprint density at radius 1 is 1.58 bits per heavy atom. The average Bonchev–Trinajstić information content (AvgIpc) is 2.72. The highest BCUT2D eigenvalue weighted by Crippen LogP contribution is 2.18. The Kier molecular flexibility index (Phi) is 5.87. The summed E-state index contributed by atoms with van der Waals surface area (Å²) in [5.41, 5.74) is 1.06. The van der Waals surface area contributed by atoms with Crippen molar-refractivity contribution in [3.63, 3.8) is 0 Å². The quantitative estimate of drug-likeness (QED) is 0.860. The Morgan fingerprint density at radius 3 is 3.32 bits per heavy atom. The molecule has 0 radical (unpaired) electrons. The molecule has 2 heterocycles. The number of aliphatic hydroxyl groups excluding tert-OH is 1. The number of ether oxygens (including phenoxy) is 1. The molecule has 104 valence electrons. The largest absolute Gasteiger partial charge is 0.395 e. The predicted molar refractivity (Wildman–Crippen MR) is 78.2 cm³/mol. The molecule has 1 aromatic rings. The number of rotatable bonds is 3. The predicted octanol–water partition coefficient (Wildman–Crippen LogP) is 2.09. The van der Waals surface area contributed by atoms with Gasteiger partial charge in [-0.25, -0.2) is 0 Å². The molecule has 2 rings (SSSR count). The van der Waals surface area contributed by atoms with Crippen LogP contribution in [-0.4, -0.2) is 42.4 Å². The van der Waals surface area contributed by atoms with Crippen molar-refractivity contribution in [3.05, 3.63) is 21.9 Å². The average molecular weight is 279 g/mol. The fraction of sp³-hybridized carbons (Fsp3) is 0.600. The Hall–Kier alpha value is -0.860. The minimum Gasteiger partial charge on any atom is -0.395 e. The smallest absolute Gasteiger partial charge is 0.0674 e. The molecule has 0 amide bonds. The van der Waals surface area contributed by atoms with Crippen LogP contribution in [0.1, 0.15) is 30.2 Å². The van der Waals surface area contributed by atoms with E-state index in [4.69, 9.17) is 9.84 Å². The molecular weight excluding hydrogens is 258 g/mol. The van der Waals surface area contributed by atoms with Crippen LogP contribution in [0.3, 0.4) is 0 Å². The van der Waals surface area contributed by atoms with E-state index < -0.39 is 0 Å². The Labute approximate surface area is 119 Å². The van der Waals surface area contributed by atoms with Gasteiger partial charge >= 0.3 is 0 Å². The second kappa shape index (κ2) is 7.66. The van der Waals surface area contributed by atoms with Crippen molar-refractivity contribution in [2.24, 2.45) is 0 Å². The van der Waals surface area contributed by atoms with E-state index in [0.717, 1.165) is 38.2 Å². The zero-order chi connectivity index (χ0) is 13.5. The third-order valence-electron chi connectivity index (χ3n) is 3.04. The lowest BCUT2D eigenvalue weighted by Crippen LogP contribution is -2.29. The van der Waals surface area contributed by atoms with E-state index in [1.807, 2.05) is 0 Å². The molecule has 0 spiro atoms. The fourth-order valence-corrected chi connectivity index (χ4v) is 3.05. The molecule has 1 saturated heterocycles. The van der Waals surface area contributed by atoms with Crippen LogP contribution in [0.4, 0.5) is 0 Å². The number of aliphatic hydroxyl groups is 1. The lowest BCUT2D eigenvalue weighted by molar-refractivity contribution is 0.0669. The van der Waals surface area contributed by atoms with E-state index in [0.29, 0.717) is 12.5 Å².